The number of piperidine rings is 1. The summed E-state index contributed by atoms with van der Waals surface area (Å²) in [6.07, 6.45) is 5.28. The monoisotopic (exact) mass is 484 g/mol. The van der Waals surface area contributed by atoms with Gasteiger partial charge in [0.05, 0.1) is 24.0 Å². The predicted molar refractivity (Wildman–Crippen MR) is 135 cm³/mol. The topological polar surface area (TPSA) is 129 Å². The first kappa shape index (κ1) is 21.5. The van der Waals surface area contributed by atoms with E-state index in [1.54, 1.807) is 0 Å². The van der Waals surface area contributed by atoms with Crippen molar-refractivity contribution in [1.82, 2.24) is 25.1 Å². The fourth-order valence-electron chi connectivity index (χ4n) is 5.92. The molecule has 1 saturated heterocycles. The number of aryl methyl sites for hydroxylation is 1. The van der Waals surface area contributed by atoms with Crippen molar-refractivity contribution in [1.29, 1.82) is 0 Å². The van der Waals surface area contributed by atoms with E-state index in [1.807, 2.05) is 30.5 Å². The maximum Gasteiger partial charge on any atom is 0.183 e. The number of pyridine rings is 1. The molecule has 0 radical (unpaired) electrons. The zero-order chi connectivity index (χ0) is 24.3. The normalized spacial score (nSPS) is 20.4. The molecule has 0 saturated carbocycles. The summed E-state index contributed by atoms with van der Waals surface area (Å²) in [4.78, 5) is 18.6. The summed E-state index contributed by atoms with van der Waals surface area (Å²) in [5, 5.41) is 17.9. The quantitative estimate of drug-likeness (QED) is 0.402. The molecule has 0 bridgehead atoms. The average molecular weight is 485 g/mol. The van der Waals surface area contributed by atoms with Crippen molar-refractivity contribution in [2.24, 2.45) is 5.73 Å². The van der Waals surface area contributed by atoms with Crippen LogP contribution in [-0.2, 0) is 13.0 Å². The molecule has 184 valence electrons. The number of hydrogen-bond donors (Lipinski definition) is 3. The predicted octanol–water partition coefficient (Wildman–Crippen LogP) is 2.76. The highest BCUT2D eigenvalue weighted by atomic mass is 16.5. The zero-order valence-electron chi connectivity index (χ0n) is 19.9. The number of aliphatic hydroxyl groups excluding tert-OH is 1. The van der Waals surface area contributed by atoms with E-state index in [-0.39, 0.29) is 12.6 Å². The van der Waals surface area contributed by atoms with Crippen LogP contribution in [0.5, 0.6) is 5.75 Å². The van der Waals surface area contributed by atoms with Crippen LogP contribution < -0.4 is 20.3 Å². The third-order valence-corrected chi connectivity index (χ3v) is 7.83. The number of aliphatic hydroxyl groups is 1. The Kier molecular flexibility index (Phi) is 4.87. The first-order chi connectivity index (χ1) is 17.7. The summed E-state index contributed by atoms with van der Waals surface area (Å²) in [7, 11) is 0. The number of nitrogens with one attached hydrogen (secondary N) is 1. The lowest BCUT2D eigenvalue weighted by Crippen LogP contribution is -2.51. The Bertz CT molecular complexity index is 1450. The number of aromatic amines is 1. The Morgan fingerprint density at radius 2 is 1.94 bits per heavy atom. The number of nitrogens with two attached hydrogens (primary N) is 1. The minimum absolute atomic E-state index is 0.154. The minimum Gasteiger partial charge on any atom is -0.485 e. The van der Waals surface area contributed by atoms with E-state index >= 15 is 0 Å². The number of aromatic nitrogens is 5. The fraction of sp³-hybridized carbons (Fsp3) is 0.385. The number of fused-ring (bicyclic) bond motifs is 3. The van der Waals surface area contributed by atoms with Gasteiger partial charge in [-0.05, 0) is 31.0 Å². The molecule has 10 nitrogen and oxygen atoms in total. The number of para-hydroxylation sites is 1. The first-order valence-corrected chi connectivity index (χ1v) is 12.5. The molecule has 10 heteroatoms. The summed E-state index contributed by atoms with van der Waals surface area (Å²) >= 11 is 0. The Hall–Kier alpha value is -3.76. The maximum absolute atomic E-state index is 10.2. The van der Waals surface area contributed by atoms with Crippen LogP contribution in [0.15, 0.2) is 42.6 Å². The van der Waals surface area contributed by atoms with Crippen LogP contribution in [0.1, 0.15) is 42.3 Å². The molecule has 6 heterocycles. The van der Waals surface area contributed by atoms with Gasteiger partial charge in [0.1, 0.15) is 17.0 Å². The Morgan fingerprint density at radius 1 is 1.08 bits per heavy atom. The summed E-state index contributed by atoms with van der Waals surface area (Å²) in [5.41, 5.74) is 11.2. The molecule has 1 atom stereocenters. The largest absolute Gasteiger partial charge is 0.485 e. The van der Waals surface area contributed by atoms with Crippen LogP contribution in [-0.4, -0.2) is 55.5 Å². The van der Waals surface area contributed by atoms with Gasteiger partial charge < -0.3 is 25.4 Å². The van der Waals surface area contributed by atoms with E-state index < -0.39 is 5.60 Å². The SMILES string of the molecule is N[C@@H]1c2ccccc2OC12CCN(c1nc3[nH]nc(N4CCCc5ncccc54)c3nc1CO)CC2. The number of nitrogens with zero attached hydrogens (tertiary/aromatic N) is 6. The molecule has 36 heavy (non-hydrogen) atoms. The van der Waals surface area contributed by atoms with Gasteiger partial charge in [0, 0.05) is 44.2 Å². The Balaban J connectivity index is 1.18. The molecule has 3 aromatic heterocycles. The van der Waals surface area contributed by atoms with Gasteiger partial charge >= 0.3 is 0 Å². The van der Waals surface area contributed by atoms with E-state index in [0.29, 0.717) is 41.6 Å². The molecular weight excluding hydrogens is 456 g/mol. The third kappa shape index (κ3) is 3.17. The van der Waals surface area contributed by atoms with Crippen LogP contribution >= 0.6 is 0 Å². The molecule has 3 aliphatic heterocycles. The Morgan fingerprint density at radius 3 is 2.78 bits per heavy atom. The van der Waals surface area contributed by atoms with Gasteiger partial charge in [-0.15, -0.1) is 0 Å². The second-order valence-corrected chi connectivity index (χ2v) is 9.79. The lowest BCUT2D eigenvalue weighted by molar-refractivity contribution is 0.0430. The van der Waals surface area contributed by atoms with Gasteiger partial charge in [0.25, 0.3) is 0 Å². The molecule has 7 rings (SSSR count). The molecule has 4 N–H and O–H groups in total. The van der Waals surface area contributed by atoms with Crippen molar-refractivity contribution < 1.29 is 9.84 Å². The lowest BCUT2D eigenvalue weighted by Gasteiger charge is -2.41. The minimum atomic E-state index is -0.409. The molecule has 0 aliphatic carbocycles. The smallest absolute Gasteiger partial charge is 0.183 e. The summed E-state index contributed by atoms with van der Waals surface area (Å²) in [6, 6.07) is 11.9. The zero-order valence-corrected chi connectivity index (χ0v) is 19.9. The summed E-state index contributed by atoms with van der Waals surface area (Å²) in [5.74, 6) is 2.28. The van der Waals surface area contributed by atoms with Gasteiger partial charge in [-0.1, -0.05) is 18.2 Å². The van der Waals surface area contributed by atoms with Crippen molar-refractivity contribution in [2.45, 2.75) is 43.9 Å². The van der Waals surface area contributed by atoms with Gasteiger partial charge in [0.15, 0.2) is 22.8 Å². The maximum atomic E-state index is 10.2. The van der Waals surface area contributed by atoms with Crippen molar-refractivity contribution in [2.75, 3.05) is 29.4 Å². The third-order valence-electron chi connectivity index (χ3n) is 7.83. The van der Waals surface area contributed by atoms with Gasteiger partial charge in [-0.25, -0.2) is 9.97 Å². The molecular formula is C26H28N8O2. The standard InChI is InChI=1S/C26H28N8O2/c27-22-16-5-1-2-8-20(16)36-26(22)9-13-33(14-10-26)24-18(15-35)29-21-23(30-24)31-32-25(21)34-12-4-6-17-19(34)7-3-11-28-17/h1-3,5,7-8,11,22,35H,4,6,9-10,12-15,27H2,(H,30,31,32)/t22-/m1/s1. The average Bonchev–Trinajstić information content (AvgIpc) is 3.46. The highest BCUT2D eigenvalue weighted by molar-refractivity contribution is 5.88. The second kappa shape index (κ2) is 8.14. The van der Waals surface area contributed by atoms with Crippen molar-refractivity contribution in [3.05, 3.63) is 59.5 Å². The van der Waals surface area contributed by atoms with Crippen LogP contribution in [0.4, 0.5) is 17.3 Å². The van der Waals surface area contributed by atoms with Crippen LogP contribution in [0.2, 0.25) is 0 Å². The highest BCUT2D eigenvalue weighted by Gasteiger charge is 2.48. The molecule has 3 aliphatic rings. The van der Waals surface area contributed by atoms with Gasteiger partial charge in [-0.3, -0.25) is 10.1 Å². The summed E-state index contributed by atoms with van der Waals surface area (Å²) < 4.78 is 6.39. The van der Waals surface area contributed by atoms with Crippen molar-refractivity contribution >= 4 is 28.5 Å². The molecule has 4 aromatic rings. The molecule has 1 spiro atoms. The second-order valence-electron chi connectivity index (χ2n) is 9.79. The molecule has 0 amide bonds. The van der Waals surface area contributed by atoms with Crippen LogP contribution in [0.25, 0.3) is 11.2 Å². The molecule has 1 aromatic carbocycles. The number of H-pyrrole nitrogens is 1. The molecule has 0 unspecified atom stereocenters. The molecule has 1 fully saturated rings. The van der Waals surface area contributed by atoms with Gasteiger partial charge in [0.2, 0.25) is 0 Å². The van der Waals surface area contributed by atoms with Crippen molar-refractivity contribution in [3.63, 3.8) is 0 Å². The number of benzene rings is 1. The van der Waals surface area contributed by atoms with E-state index in [9.17, 15) is 5.11 Å². The van der Waals surface area contributed by atoms with Crippen molar-refractivity contribution in [3.8, 4) is 5.75 Å². The van der Waals surface area contributed by atoms with Crippen LogP contribution in [0, 0.1) is 0 Å². The number of rotatable bonds is 3. The van der Waals surface area contributed by atoms with E-state index in [2.05, 4.69) is 37.1 Å². The Labute approximate surface area is 208 Å². The summed E-state index contributed by atoms with van der Waals surface area (Å²) in [6.45, 7) is 2.04. The first-order valence-electron chi connectivity index (χ1n) is 12.5. The fourth-order valence-corrected chi connectivity index (χ4v) is 5.92. The number of anilines is 3. The number of hydrogen-bond acceptors (Lipinski definition) is 9. The van der Waals surface area contributed by atoms with E-state index in [1.165, 1.54) is 0 Å². The van der Waals surface area contributed by atoms with Crippen LogP contribution in [0.3, 0.4) is 0 Å². The van der Waals surface area contributed by atoms with E-state index in [4.69, 9.17) is 20.4 Å². The lowest BCUT2D eigenvalue weighted by atomic mass is 9.83. The van der Waals surface area contributed by atoms with Gasteiger partial charge in [-0.2, -0.15) is 5.10 Å². The van der Waals surface area contributed by atoms with E-state index in [0.717, 1.165) is 54.9 Å². The number of ether oxygens (including phenoxy) is 1. The highest BCUT2D eigenvalue weighted by Crippen LogP contribution is 2.47.